The van der Waals surface area contributed by atoms with Crippen molar-refractivity contribution in [2.75, 3.05) is 18.0 Å². The average Bonchev–Trinajstić information content (AvgIpc) is 2.88. The second-order valence-electron chi connectivity index (χ2n) is 6.31. The van der Waals surface area contributed by atoms with Crippen LogP contribution >= 0.6 is 0 Å². The van der Waals surface area contributed by atoms with E-state index < -0.39 is 6.10 Å². The molecule has 104 valence electrons. The van der Waals surface area contributed by atoms with Crippen LogP contribution in [0, 0.1) is 5.41 Å². The Morgan fingerprint density at radius 1 is 1.16 bits per heavy atom. The zero-order chi connectivity index (χ0) is 13.3. The lowest BCUT2D eigenvalue weighted by atomic mass is 9.77. The Labute approximate surface area is 115 Å². The first-order valence-corrected chi connectivity index (χ1v) is 7.58. The summed E-state index contributed by atoms with van der Waals surface area (Å²) in [5.41, 5.74) is 2.63. The Kier molecular flexibility index (Phi) is 3.48. The van der Waals surface area contributed by atoms with Crippen molar-refractivity contribution in [3.8, 4) is 0 Å². The lowest BCUT2D eigenvalue weighted by Crippen LogP contribution is -2.38. The van der Waals surface area contributed by atoms with Gasteiger partial charge in [-0.15, -0.1) is 0 Å². The van der Waals surface area contributed by atoms with E-state index in [1.807, 2.05) is 12.3 Å². The Bertz CT molecular complexity index is 411. The first kappa shape index (κ1) is 12.9. The summed E-state index contributed by atoms with van der Waals surface area (Å²) in [6.45, 7) is 4.08. The van der Waals surface area contributed by atoms with Gasteiger partial charge >= 0.3 is 0 Å². The normalized spacial score (nSPS) is 23.8. The molecule has 1 saturated heterocycles. The zero-order valence-corrected chi connectivity index (χ0v) is 11.8. The molecule has 3 heteroatoms. The SMILES string of the molecule is C[C@@H](O)c1ccc(N2CCC3(CCCC3)CC2)cn1. The molecule has 1 aromatic heterocycles. The number of anilines is 1. The van der Waals surface area contributed by atoms with Gasteiger partial charge in [-0.3, -0.25) is 4.98 Å². The minimum absolute atomic E-state index is 0.475. The number of pyridine rings is 1. The Morgan fingerprint density at radius 2 is 1.84 bits per heavy atom. The topological polar surface area (TPSA) is 36.4 Å². The van der Waals surface area contributed by atoms with Crippen molar-refractivity contribution in [3.05, 3.63) is 24.0 Å². The third-order valence-corrected chi connectivity index (χ3v) is 5.05. The minimum atomic E-state index is -0.475. The number of aromatic nitrogens is 1. The van der Waals surface area contributed by atoms with E-state index in [1.165, 1.54) is 44.2 Å². The van der Waals surface area contributed by atoms with Crippen molar-refractivity contribution >= 4 is 5.69 Å². The van der Waals surface area contributed by atoms with Gasteiger partial charge < -0.3 is 10.0 Å². The molecule has 3 nitrogen and oxygen atoms in total. The molecule has 1 N–H and O–H groups in total. The molecule has 19 heavy (non-hydrogen) atoms. The summed E-state index contributed by atoms with van der Waals surface area (Å²) in [5, 5.41) is 9.49. The van der Waals surface area contributed by atoms with Gasteiger partial charge in [0.2, 0.25) is 0 Å². The molecule has 0 radical (unpaired) electrons. The number of hydrogen-bond acceptors (Lipinski definition) is 3. The molecule has 1 aliphatic heterocycles. The first-order valence-electron chi connectivity index (χ1n) is 7.58. The van der Waals surface area contributed by atoms with Crippen LogP contribution in [0.3, 0.4) is 0 Å². The van der Waals surface area contributed by atoms with Crippen LogP contribution in [-0.4, -0.2) is 23.2 Å². The highest BCUT2D eigenvalue weighted by atomic mass is 16.3. The molecule has 2 aliphatic rings. The lowest BCUT2D eigenvalue weighted by molar-refractivity contribution is 0.194. The van der Waals surface area contributed by atoms with E-state index in [2.05, 4.69) is 16.0 Å². The van der Waals surface area contributed by atoms with E-state index in [1.54, 1.807) is 6.92 Å². The van der Waals surface area contributed by atoms with E-state index in [4.69, 9.17) is 0 Å². The van der Waals surface area contributed by atoms with Gasteiger partial charge in [0.15, 0.2) is 0 Å². The van der Waals surface area contributed by atoms with Crippen molar-refractivity contribution in [2.24, 2.45) is 5.41 Å². The van der Waals surface area contributed by atoms with Crippen LogP contribution in [0.15, 0.2) is 18.3 Å². The fourth-order valence-electron chi connectivity index (χ4n) is 3.70. The average molecular weight is 260 g/mol. The third kappa shape index (κ3) is 2.62. The molecule has 1 spiro atoms. The van der Waals surface area contributed by atoms with Crippen LogP contribution in [0.2, 0.25) is 0 Å². The van der Waals surface area contributed by atoms with Gasteiger partial charge in [0, 0.05) is 13.1 Å². The molecule has 1 atom stereocenters. The van der Waals surface area contributed by atoms with Crippen molar-refractivity contribution < 1.29 is 5.11 Å². The van der Waals surface area contributed by atoms with E-state index >= 15 is 0 Å². The Morgan fingerprint density at radius 3 is 2.37 bits per heavy atom. The van der Waals surface area contributed by atoms with Crippen molar-refractivity contribution in [2.45, 2.75) is 51.6 Å². The smallest absolute Gasteiger partial charge is 0.0931 e. The molecular weight excluding hydrogens is 236 g/mol. The van der Waals surface area contributed by atoms with Crippen molar-refractivity contribution in [1.29, 1.82) is 0 Å². The van der Waals surface area contributed by atoms with Crippen LogP contribution in [0.1, 0.15) is 57.2 Å². The van der Waals surface area contributed by atoms with Gasteiger partial charge in [0.25, 0.3) is 0 Å². The summed E-state index contributed by atoms with van der Waals surface area (Å²) >= 11 is 0. The maximum atomic E-state index is 9.49. The molecular formula is C16H24N2O. The second-order valence-corrected chi connectivity index (χ2v) is 6.31. The second kappa shape index (κ2) is 5.12. The molecule has 3 rings (SSSR count). The predicted molar refractivity (Wildman–Crippen MR) is 77.2 cm³/mol. The maximum Gasteiger partial charge on any atom is 0.0931 e. The van der Waals surface area contributed by atoms with E-state index in [-0.39, 0.29) is 0 Å². The number of rotatable bonds is 2. The minimum Gasteiger partial charge on any atom is -0.387 e. The molecule has 0 bridgehead atoms. The van der Waals surface area contributed by atoms with Crippen LogP contribution in [0.5, 0.6) is 0 Å². The molecule has 2 fully saturated rings. The van der Waals surface area contributed by atoms with Gasteiger partial charge in [-0.1, -0.05) is 12.8 Å². The van der Waals surface area contributed by atoms with E-state index in [0.717, 1.165) is 18.8 Å². The van der Waals surface area contributed by atoms with Gasteiger partial charge in [-0.25, -0.2) is 0 Å². The standard InChI is InChI=1S/C16H24N2O/c1-13(19)15-5-4-14(12-17-15)18-10-8-16(9-11-18)6-2-3-7-16/h4-5,12-13,19H,2-3,6-11H2,1H3/t13-/m1/s1. The van der Waals surface area contributed by atoms with Crippen LogP contribution in [0.4, 0.5) is 5.69 Å². The molecule has 0 amide bonds. The number of hydrogen-bond donors (Lipinski definition) is 1. The highest BCUT2D eigenvalue weighted by Crippen LogP contribution is 2.46. The molecule has 2 heterocycles. The molecule has 1 aliphatic carbocycles. The van der Waals surface area contributed by atoms with E-state index in [0.29, 0.717) is 5.41 Å². The lowest BCUT2D eigenvalue weighted by Gasteiger charge is -2.40. The summed E-state index contributed by atoms with van der Waals surface area (Å²) in [6, 6.07) is 4.04. The van der Waals surface area contributed by atoms with Gasteiger partial charge in [-0.2, -0.15) is 0 Å². The maximum absolute atomic E-state index is 9.49. The largest absolute Gasteiger partial charge is 0.387 e. The molecule has 0 unspecified atom stereocenters. The van der Waals surface area contributed by atoms with Gasteiger partial charge in [0.05, 0.1) is 23.7 Å². The predicted octanol–water partition coefficient (Wildman–Crippen LogP) is 3.30. The molecule has 0 aromatic carbocycles. The fourth-order valence-corrected chi connectivity index (χ4v) is 3.70. The highest BCUT2D eigenvalue weighted by molar-refractivity contribution is 5.45. The van der Waals surface area contributed by atoms with Gasteiger partial charge in [-0.05, 0) is 50.2 Å². The van der Waals surface area contributed by atoms with E-state index in [9.17, 15) is 5.11 Å². The number of aliphatic hydroxyl groups is 1. The monoisotopic (exact) mass is 260 g/mol. The van der Waals surface area contributed by atoms with Crippen molar-refractivity contribution in [1.82, 2.24) is 4.98 Å². The Hall–Kier alpha value is -1.09. The molecule has 1 aromatic rings. The quantitative estimate of drug-likeness (QED) is 0.886. The van der Waals surface area contributed by atoms with Crippen LogP contribution in [-0.2, 0) is 0 Å². The van der Waals surface area contributed by atoms with Gasteiger partial charge in [0.1, 0.15) is 0 Å². The summed E-state index contributed by atoms with van der Waals surface area (Å²) < 4.78 is 0. The number of nitrogens with zero attached hydrogens (tertiary/aromatic N) is 2. The Balaban J connectivity index is 1.64. The summed E-state index contributed by atoms with van der Waals surface area (Å²) in [5.74, 6) is 0. The van der Waals surface area contributed by atoms with Crippen molar-refractivity contribution in [3.63, 3.8) is 0 Å². The third-order valence-electron chi connectivity index (χ3n) is 5.05. The molecule has 1 saturated carbocycles. The number of aliphatic hydroxyl groups excluding tert-OH is 1. The summed E-state index contributed by atoms with van der Waals surface area (Å²) in [6.07, 6.45) is 9.87. The van der Waals surface area contributed by atoms with Crippen LogP contribution in [0.25, 0.3) is 0 Å². The summed E-state index contributed by atoms with van der Waals surface area (Å²) in [7, 11) is 0. The highest BCUT2D eigenvalue weighted by Gasteiger charge is 2.36. The zero-order valence-electron chi connectivity index (χ0n) is 11.8. The first-order chi connectivity index (χ1) is 9.19. The summed E-state index contributed by atoms with van der Waals surface area (Å²) in [4.78, 5) is 6.80. The fraction of sp³-hybridized carbons (Fsp3) is 0.688. The number of piperidine rings is 1. The van der Waals surface area contributed by atoms with Crippen LogP contribution < -0.4 is 4.90 Å².